The van der Waals surface area contributed by atoms with Crippen molar-refractivity contribution in [3.05, 3.63) is 71.0 Å². The molecule has 0 radical (unpaired) electrons. The van der Waals surface area contributed by atoms with Crippen molar-refractivity contribution in [3.8, 4) is 5.75 Å². The molecule has 38 heavy (non-hydrogen) atoms. The van der Waals surface area contributed by atoms with Crippen LogP contribution in [0.4, 0.5) is 11.5 Å². The zero-order chi connectivity index (χ0) is 28.0. The molecule has 2 N–H and O–H groups in total. The molecule has 0 saturated heterocycles. The zero-order valence-corrected chi connectivity index (χ0v) is 23.0. The lowest BCUT2D eigenvalue weighted by Crippen LogP contribution is -2.49. The molecule has 0 saturated carbocycles. The second-order valence-electron chi connectivity index (χ2n) is 10.3. The highest BCUT2D eigenvalue weighted by Crippen LogP contribution is 2.33. The standard InChI is InChI=1S/C29H36N4O5/c1-18-9-8-10-23(20(18)3)33(26(35)16-15-25(34)30-24-17-19(2)38-32-24)27(28(36)31-29(4,5)6)21-11-13-22(37-7)14-12-21/h8-14,17,27H,15-16H2,1-7H3,(H,31,36)(H,30,32,34)/t27-/m1/s1. The van der Waals surface area contributed by atoms with Crippen LogP contribution in [0, 0.1) is 20.8 Å². The fourth-order valence-corrected chi connectivity index (χ4v) is 4.03. The number of hydrogen-bond acceptors (Lipinski definition) is 6. The van der Waals surface area contributed by atoms with E-state index in [0.29, 0.717) is 22.8 Å². The highest BCUT2D eigenvalue weighted by molar-refractivity contribution is 6.03. The van der Waals surface area contributed by atoms with Crippen LogP contribution in [0.15, 0.2) is 53.1 Å². The summed E-state index contributed by atoms with van der Waals surface area (Å²) in [6.45, 7) is 11.2. The van der Waals surface area contributed by atoms with Crippen molar-refractivity contribution < 1.29 is 23.6 Å². The molecule has 3 amide bonds. The number of ether oxygens (including phenoxy) is 1. The van der Waals surface area contributed by atoms with E-state index in [1.807, 2.05) is 52.8 Å². The highest BCUT2D eigenvalue weighted by atomic mass is 16.5. The third-order valence-electron chi connectivity index (χ3n) is 6.00. The molecular formula is C29H36N4O5. The molecule has 1 heterocycles. The lowest BCUT2D eigenvalue weighted by molar-refractivity contribution is -0.128. The van der Waals surface area contributed by atoms with Gasteiger partial charge in [0.15, 0.2) is 5.82 Å². The van der Waals surface area contributed by atoms with Gasteiger partial charge in [0, 0.05) is 30.1 Å². The lowest BCUT2D eigenvalue weighted by atomic mass is 9.98. The molecule has 0 aliphatic heterocycles. The van der Waals surface area contributed by atoms with Crippen LogP contribution >= 0.6 is 0 Å². The highest BCUT2D eigenvalue weighted by Gasteiger charge is 2.35. The second kappa shape index (κ2) is 11.9. The van der Waals surface area contributed by atoms with E-state index in [2.05, 4.69) is 15.8 Å². The van der Waals surface area contributed by atoms with E-state index in [4.69, 9.17) is 9.26 Å². The van der Waals surface area contributed by atoms with Gasteiger partial charge in [-0.05, 0) is 76.4 Å². The zero-order valence-electron chi connectivity index (χ0n) is 23.0. The molecule has 0 spiro atoms. The minimum atomic E-state index is -0.977. The predicted octanol–water partition coefficient (Wildman–Crippen LogP) is 5.02. The van der Waals surface area contributed by atoms with Crippen LogP contribution in [0.25, 0.3) is 0 Å². The van der Waals surface area contributed by atoms with Crippen LogP contribution < -0.4 is 20.3 Å². The van der Waals surface area contributed by atoms with Crippen molar-refractivity contribution in [1.82, 2.24) is 10.5 Å². The summed E-state index contributed by atoms with van der Waals surface area (Å²) in [4.78, 5) is 41.7. The maximum absolute atomic E-state index is 13.9. The van der Waals surface area contributed by atoms with Crippen LogP contribution in [-0.4, -0.2) is 35.5 Å². The van der Waals surface area contributed by atoms with Gasteiger partial charge < -0.3 is 19.9 Å². The van der Waals surface area contributed by atoms with E-state index < -0.39 is 11.6 Å². The molecule has 9 heteroatoms. The summed E-state index contributed by atoms with van der Waals surface area (Å²) in [5.41, 5.74) is 2.53. The Hall–Kier alpha value is -4.14. The van der Waals surface area contributed by atoms with Gasteiger partial charge in [-0.25, -0.2) is 0 Å². The Morgan fingerprint density at radius 3 is 2.29 bits per heavy atom. The topological polar surface area (TPSA) is 114 Å². The number of rotatable bonds is 9. The van der Waals surface area contributed by atoms with E-state index in [1.54, 1.807) is 44.4 Å². The largest absolute Gasteiger partial charge is 0.497 e. The number of hydrogen-bond donors (Lipinski definition) is 2. The van der Waals surface area contributed by atoms with Crippen molar-refractivity contribution >= 4 is 29.2 Å². The first-order chi connectivity index (χ1) is 17.9. The molecule has 0 aliphatic rings. The first-order valence-corrected chi connectivity index (χ1v) is 12.5. The molecule has 3 aromatic rings. The van der Waals surface area contributed by atoms with E-state index in [-0.39, 0.29) is 36.4 Å². The van der Waals surface area contributed by atoms with Gasteiger partial charge in [-0.2, -0.15) is 0 Å². The Kier molecular flexibility index (Phi) is 8.93. The molecule has 0 fully saturated rings. The Morgan fingerprint density at radius 1 is 1.03 bits per heavy atom. The maximum atomic E-state index is 13.9. The Bertz CT molecular complexity index is 1290. The normalized spacial score (nSPS) is 12.0. The summed E-state index contributed by atoms with van der Waals surface area (Å²) in [6.07, 6.45) is -0.214. The fraction of sp³-hybridized carbons (Fsp3) is 0.379. The second-order valence-corrected chi connectivity index (χ2v) is 10.3. The number of amides is 3. The van der Waals surface area contributed by atoms with Crippen LogP contribution in [-0.2, 0) is 14.4 Å². The molecule has 2 aromatic carbocycles. The molecule has 9 nitrogen and oxygen atoms in total. The number of anilines is 2. The lowest BCUT2D eigenvalue weighted by Gasteiger charge is -2.35. The number of carbonyl (C=O) groups is 3. The van der Waals surface area contributed by atoms with E-state index in [9.17, 15) is 14.4 Å². The first kappa shape index (κ1) is 28.4. The van der Waals surface area contributed by atoms with Gasteiger partial charge in [-0.1, -0.05) is 29.4 Å². The van der Waals surface area contributed by atoms with Gasteiger partial charge in [-0.15, -0.1) is 0 Å². The number of nitrogens with zero attached hydrogens (tertiary/aromatic N) is 2. The summed E-state index contributed by atoms with van der Waals surface area (Å²) in [6, 6.07) is 13.3. The minimum Gasteiger partial charge on any atom is -0.497 e. The van der Waals surface area contributed by atoms with Crippen LogP contribution in [0.1, 0.15) is 62.1 Å². The van der Waals surface area contributed by atoms with E-state index in [0.717, 1.165) is 11.1 Å². The van der Waals surface area contributed by atoms with E-state index >= 15 is 0 Å². The SMILES string of the molecule is COc1ccc([C@H](C(=O)NC(C)(C)C)N(C(=O)CCC(=O)Nc2cc(C)on2)c2cccc(C)c2C)cc1. The summed E-state index contributed by atoms with van der Waals surface area (Å²) in [5.74, 6) is 0.395. The molecule has 202 valence electrons. The molecule has 3 rings (SSSR count). The van der Waals surface area contributed by atoms with Gasteiger partial charge in [-0.3, -0.25) is 19.3 Å². The van der Waals surface area contributed by atoms with Crippen LogP contribution in [0.2, 0.25) is 0 Å². The van der Waals surface area contributed by atoms with Gasteiger partial charge in [0.25, 0.3) is 0 Å². The van der Waals surface area contributed by atoms with Crippen molar-refractivity contribution in [2.45, 2.75) is 66.0 Å². The maximum Gasteiger partial charge on any atom is 0.248 e. The third kappa shape index (κ3) is 7.21. The molecule has 0 aliphatic carbocycles. The van der Waals surface area contributed by atoms with Crippen LogP contribution in [0.5, 0.6) is 5.75 Å². The third-order valence-corrected chi connectivity index (χ3v) is 6.00. The quantitative estimate of drug-likeness (QED) is 0.410. The number of carbonyl (C=O) groups excluding carboxylic acids is 3. The van der Waals surface area contributed by atoms with Crippen molar-refractivity contribution in [3.63, 3.8) is 0 Å². The average molecular weight is 521 g/mol. The molecule has 1 aromatic heterocycles. The Balaban J connectivity index is 2.01. The van der Waals surface area contributed by atoms with Gasteiger partial charge in [0.05, 0.1) is 7.11 Å². The monoisotopic (exact) mass is 520 g/mol. The smallest absolute Gasteiger partial charge is 0.248 e. The van der Waals surface area contributed by atoms with Crippen molar-refractivity contribution in [2.24, 2.45) is 0 Å². The average Bonchev–Trinajstić information content (AvgIpc) is 3.26. The summed E-state index contributed by atoms with van der Waals surface area (Å²) in [5, 5.41) is 9.42. The minimum absolute atomic E-state index is 0.0949. The molecule has 0 bridgehead atoms. The predicted molar refractivity (Wildman–Crippen MR) is 146 cm³/mol. The first-order valence-electron chi connectivity index (χ1n) is 12.5. The Labute approximate surface area is 223 Å². The number of methoxy groups -OCH3 is 1. The van der Waals surface area contributed by atoms with Crippen LogP contribution in [0.3, 0.4) is 0 Å². The number of nitrogens with one attached hydrogen (secondary N) is 2. The van der Waals surface area contributed by atoms with Gasteiger partial charge in [0.2, 0.25) is 17.7 Å². The summed E-state index contributed by atoms with van der Waals surface area (Å²) >= 11 is 0. The number of aromatic nitrogens is 1. The molecule has 1 atom stereocenters. The Morgan fingerprint density at radius 2 is 1.71 bits per heavy atom. The van der Waals surface area contributed by atoms with Crippen molar-refractivity contribution in [1.29, 1.82) is 0 Å². The van der Waals surface area contributed by atoms with Gasteiger partial charge in [0.1, 0.15) is 17.6 Å². The summed E-state index contributed by atoms with van der Waals surface area (Å²) in [7, 11) is 1.57. The summed E-state index contributed by atoms with van der Waals surface area (Å²) < 4.78 is 10.3. The van der Waals surface area contributed by atoms with Gasteiger partial charge >= 0.3 is 0 Å². The van der Waals surface area contributed by atoms with E-state index in [1.165, 1.54) is 4.90 Å². The fourth-order valence-electron chi connectivity index (χ4n) is 4.03. The van der Waals surface area contributed by atoms with Crippen molar-refractivity contribution in [2.75, 3.05) is 17.3 Å². The molecule has 0 unspecified atom stereocenters. The number of aryl methyl sites for hydroxylation is 2. The number of benzene rings is 2. The molecular weight excluding hydrogens is 484 g/mol.